The van der Waals surface area contributed by atoms with Crippen molar-refractivity contribution in [3.8, 4) is 0 Å². The van der Waals surface area contributed by atoms with E-state index in [1.54, 1.807) is 6.20 Å². The van der Waals surface area contributed by atoms with Crippen LogP contribution in [-0.2, 0) is 6.54 Å². The predicted octanol–water partition coefficient (Wildman–Crippen LogP) is 2.01. The Bertz CT molecular complexity index is 353. The summed E-state index contributed by atoms with van der Waals surface area (Å²) in [7, 11) is 1.92. The molecule has 0 amide bonds. The van der Waals surface area contributed by atoms with Gasteiger partial charge in [0.05, 0.1) is 5.02 Å². The van der Waals surface area contributed by atoms with Crippen molar-refractivity contribution in [2.24, 2.45) is 0 Å². The van der Waals surface area contributed by atoms with Crippen molar-refractivity contribution in [2.45, 2.75) is 6.54 Å². The van der Waals surface area contributed by atoms with Crippen LogP contribution in [0, 0.1) is 0 Å². The summed E-state index contributed by atoms with van der Waals surface area (Å²) in [5.41, 5.74) is 1.12. The molecule has 1 aliphatic heterocycles. The van der Waals surface area contributed by atoms with Crippen LogP contribution in [0.5, 0.6) is 0 Å². The maximum Gasteiger partial charge on any atom is 0.128 e. The van der Waals surface area contributed by atoms with Crippen LogP contribution in [-0.4, -0.2) is 36.6 Å². The van der Waals surface area contributed by atoms with Gasteiger partial charge in [0.15, 0.2) is 0 Å². The molecule has 0 aliphatic carbocycles. The van der Waals surface area contributed by atoms with E-state index in [0.29, 0.717) is 0 Å². The first-order valence-corrected chi connectivity index (χ1v) is 6.96. The first kappa shape index (κ1) is 12.0. The average molecular weight is 258 g/mol. The van der Waals surface area contributed by atoms with E-state index in [1.807, 2.05) is 18.8 Å². The zero-order chi connectivity index (χ0) is 11.4. The molecule has 0 saturated carbocycles. The second kappa shape index (κ2) is 5.75. The molecule has 0 atom stereocenters. The fourth-order valence-corrected chi connectivity index (χ4v) is 2.83. The summed E-state index contributed by atoms with van der Waals surface area (Å²) in [5, 5.41) is 3.86. The van der Waals surface area contributed by atoms with Crippen LogP contribution >= 0.6 is 23.4 Å². The highest BCUT2D eigenvalue weighted by molar-refractivity contribution is 7.99. The SMILES string of the molecule is CNCc1cc(N2CCSCC2)ncc1Cl. The van der Waals surface area contributed by atoms with Crippen LogP contribution in [0.25, 0.3) is 0 Å². The van der Waals surface area contributed by atoms with E-state index in [1.165, 1.54) is 11.5 Å². The van der Waals surface area contributed by atoms with Gasteiger partial charge < -0.3 is 10.2 Å². The minimum absolute atomic E-state index is 0.740. The highest BCUT2D eigenvalue weighted by Gasteiger charge is 2.13. The summed E-state index contributed by atoms with van der Waals surface area (Å²) < 4.78 is 0. The molecule has 1 aromatic heterocycles. The third-order valence-corrected chi connectivity index (χ3v) is 3.91. The quantitative estimate of drug-likeness (QED) is 0.897. The van der Waals surface area contributed by atoms with E-state index in [-0.39, 0.29) is 0 Å². The standard InChI is InChI=1S/C11H16ClN3S/c1-13-7-9-6-11(14-8-10(9)12)15-2-4-16-5-3-15/h6,8,13H,2-5,7H2,1H3. The van der Waals surface area contributed by atoms with Crippen LogP contribution in [0.1, 0.15) is 5.56 Å². The Balaban J connectivity index is 2.17. The van der Waals surface area contributed by atoms with Crippen LogP contribution < -0.4 is 10.2 Å². The highest BCUT2D eigenvalue weighted by Crippen LogP contribution is 2.22. The van der Waals surface area contributed by atoms with Gasteiger partial charge in [0.25, 0.3) is 0 Å². The molecule has 1 saturated heterocycles. The van der Waals surface area contributed by atoms with E-state index >= 15 is 0 Å². The summed E-state index contributed by atoms with van der Waals surface area (Å²) >= 11 is 8.09. The van der Waals surface area contributed by atoms with Crippen LogP contribution in [0.15, 0.2) is 12.3 Å². The molecule has 16 heavy (non-hydrogen) atoms. The topological polar surface area (TPSA) is 28.2 Å². The Kier molecular flexibility index (Phi) is 4.32. The maximum atomic E-state index is 6.09. The van der Waals surface area contributed by atoms with E-state index in [0.717, 1.165) is 36.0 Å². The molecule has 1 N–H and O–H groups in total. The molecule has 1 fully saturated rings. The number of nitrogens with zero attached hydrogens (tertiary/aromatic N) is 2. The van der Waals surface area contributed by atoms with Crippen molar-refractivity contribution < 1.29 is 0 Å². The molecule has 0 unspecified atom stereocenters. The average Bonchev–Trinajstić information content (AvgIpc) is 2.33. The Hall–Kier alpha value is -0.450. The van der Waals surface area contributed by atoms with Gasteiger partial charge in [-0.25, -0.2) is 4.98 Å². The Morgan fingerprint density at radius 3 is 2.94 bits per heavy atom. The van der Waals surface area contributed by atoms with Gasteiger partial charge in [-0.05, 0) is 18.7 Å². The summed E-state index contributed by atoms with van der Waals surface area (Å²) in [6.45, 7) is 2.95. The summed E-state index contributed by atoms with van der Waals surface area (Å²) in [4.78, 5) is 6.73. The minimum Gasteiger partial charge on any atom is -0.355 e. The second-order valence-corrected chi connectivity index (χ2v) is 5.40. The summed E-state index contributed by atoms with van der Waals surface area (Å²) in [6.07, 6.45) is 1.76. The third-order valence-electron chi connectivity index (χ3n) is 2.62. The van der Waals surface area contributed by atoms with Crippen LogP contribution in [0.2, 0.25) is 5.02 Å². The monoisotopic (exact) mass is 257 g/mol. The summed E-state index contributed by atoms with van der Waals surface area (Å²) in [6, 6.07) is 2.09. The van der Waals surface area contributed by atoms with E-state index in [2.05, 4.69) is 21.3 Å². The number of anilines is 1. The second-order valence-electron chi connectivity index (χ2n) is 3.76. The van der Waals surface area contributed by atoms with Gasteiger partial charge in [-0.2, -0.15) is 11.8 Å². The van der Waals surface area contributed by atoms with Gasteiger partial charge in [0.1, 0.15) is 5.82 Å². The van der Waals surface area contributed by atoms with E-state index < -0.39 is 0 Å². The van der Waals surface area contributed by atoms with Crippen molar-refractivity contribution in [3.63, 3.8) is 0 Å². The summed E-state index contributed by atoms with van der Waals surface area (Å²) in [5.74, 6) is 3.42. The molecule has 0 bridgehead atoms. The number of halogens is 1. The lowest BCUT2D eigenvalue weighted by Crippen LogP contribution is -2.33. The molecule has 0 aromatic carbocycles. The number of nitrogens with one attached hydrogen (secondary N) is 1. The van der Waals surface area contributed by atoms with Gasteiger partial charge in [0, 0.05) is 37.3 Å². The van der Waals surface area contributed by atoms with Crippen molar-refractivity contribution in [1.29, 1.82) is 0 Å². The smallest absolute Gasteiger partial charge is 0.128 e. The predicted molar refractivity (Wildman–Crippen MR) is 71.5 cm³/mol. The number of hydrogen-bond donors (Lipinski definition) is 1. The lowest BCUT2D eigenvalue weighted by molar-refractivity contribution is 0.804. The zero-order valence-corrected chi connectivity index (χ0v) is 10.9. The Labute approximate surface area is 106 Å². The van der Waals surface area contributed by atoms with Gasteiger partial charge >= 0.3 is 0 Å². The number of aromatic nitrogens is 1. The minimum atomic E-state index is 0.740. The normalized spacial score (nSPS) is 16.5. The first-order chi connectivity index (χ1) is 7.81. The maximum absolute atomic E-state index is 6.09. The molecule has 2 rings (SSSR count). The van der Waals surface area contributed by atoms with Crippen LogP contribution in [0.4, 0.5) is 5.82 Å². The van der Waals surface area contributed by atoms with Gasteiger partial charge in [-0.3, -0.25) is 0 Å². The zero-order valence-electron chi connectivity index (χ0n) is 9.37. The van der Waals surface area contributed by atoms with Gasteiger partial charge in [0.2, 0.25) is 0 Å². The molecule has 1 aromatic rings. The van der Waals surface area contributed by atoms with Crippen molar-refractivity contribution in [1.82, 2.24) is 10.3 Å². The molecular weight excluding hydrogens is 242 g/mol. The molecular formula is C11H16ClN3S. The van der Waals surface area contributed by atoms with Crippen molar-refractivity contribution >= 4 is 29.2 Å². The number of pyridine rings is 1. The van der Waals surface area contributed by atoms with E-state index in [4.69, 9.17) is 11.6 Å². The van der Waals surface area contributed by atoms with E-state index in [9.17, 15) is 0 Å². The molecule has 0 radical (unpaired) electrons. The highest BCUT2D eigenvalue weighted by atomic mass is 35.5. The fourth-order valence-electron chi connectivity index (χ4n) is 1.76. The molecule has 5 heteroatoms. The Morgan fingerprint density at radius 1 is 1.50 bits per heavy atom. The fraction of sp³-hybridized carbons (Fsp3) is 0.545. The van der Waals surface area contributed by atoms with Crippen molar-refractivity contribution in [2.75, 3.05) is 36.5 Å². The number of rotatable bonds is 3. The van der Waals surface area contributed by atoms with Gasteiger partial charge in [-0.1, -0.05) is 11.6 Å². The largest absolute Gasteiger partial charge is 0.355 e. The molecule has 2 heterocycles. The number of thioether (sulfide) groups is 1. The third kappa shape index (κ3) is 2.81. The lowest BCUT2D eigenvalue weighted by Gasteiger charge is -2.27. The number of hydrogen-bond acceptors (Lipinski definition) is 4. The van der Waals surface area contributed by atoms with Crippen molar-refractivity contribution in [3.05, 3.63) is 22.8 Å². The molecule has 0 spiro atoms. The Morgan fingerprint density at radius 2 is 2.25 bits per heavy atom. The van der Waals surface area contributed by atoms with Gasteiger partial charge in [-0.15, -0.1) is 0 Å². The molecule has 1 aliphatic rings. The van der Waals surface area contributed by atoms with Crippen LogP contribution in [0.3, 0.4) is 0 Å². The molecule has 3 nitrogen and oxygen atoms in total. The molecule has 88 valence electrons. The lowest BCUT2D eigenvalue weighted by atomic mass is 10.2. The first-order valence-electron chi connectivity index (χ1n) is 5.43.